The van der Waals surface area contributed by atoms with Gasteiger partial charge in [-0.05, 0) is 0 Å². The Hall–Kier alpha value is -4.72. The molecule has 0 fully saturated rings. The second-order valence-corrected chi connectivity index (χ2v) is 8.31. The van der Waals surface area contributed by atoms with Crippen LogP contribution in [0.5, 0.6) is 0 Å². The number of aliphatic hydroxyl groups excluding tert-OH is 8. The van der Waals surface area contributed by atoms with Crippen LogP contribution < -0.4 is 0 Å². The molecule has 294 valence electrons. The summed E-state index contributed by atoms with van der Waals surface area (Å²) in [6, 6.07) is 0. The molecule has 4 unspecified atom stereocenters. The van der Waals surface area contributed by atoms with Gasteiger partial charge in [0.15, 0.2) is 0 Å². The molecule has 22 heteroatoms. The number of hydrogen-bond acceptors (Lipinski definition) is 18. The SMILES string of the molecule is [CH2-]OCC(O)C(O)CO[CH2-].[CH2-]OCC(O)COCCO.[CH2-]OCC(O)COCCO.[CH2-]OCC(O)CO[CH2-].[CH2-]OCC(O)CO[CH2-].[Rf].[Rf].[Rf].[Rf]. The molecule has 0 aromatic carbocycles. The van der Waals surface area contributed by atoms with Gasteiger partial charge in [-0.1, -0.05) is 0 Å². The molecular weight excluding hydrogens is 1690 g/mol. The van der Waals surface area contributed by atoms with Crippen LogP contribution in [0.3, 0.4) is 0 Å². The standard InChI is InChI=1S/C6H12O4.2C6H13O4.2C5H10O3.4Rf/c1-9-3-5(7)6(8)4-10-2;2*1-9-4-6(8)5-10-3-2-7;2*1-7-3-5(6)4-8-2;;;;/h5-8H,1-4H2;2*6-8H,1-5H2;2*5-6H,1-4H2;;;;/q-2;2*-1;2*-2;;;;. The molecule has 0 aliphatic heterocycles. The Morgan fingerprint density at radius 3 is 0.660 bits per heavy atom. The minimum Gasteiger partial charge on any atom is -0.553 e. The van der Waals surface area contributed by atoms with Crippen LogP contribution in [0.15, 0.2) is 0 Å². The second-order valence-electron chi connectivity index (χ2n) is 8.31. The maximum atomic E-state index is 8.93. The fraction of sp³-hybridized carbons (Fsp3) is 0.714. The number of ether oxygens (including phenoxy) is 10. The normalized spacial score (nSPS) is 12.1. The zero-order chi connectivity index (χ0) is 36.4. The van der Waals surface area contributed by atoms with E-state index in [1.54, 1.807) is 0 Å². The molecule has 0 aromatic rings. The van der Waals surface area contributed by atoms with Crippen molar-refractivity contribution in [1.82, 2.24) is 0 Å². The van der Waals surface area contributed by atoms with Gasteiger partial charge in [0.25, 0.3) is 0 Å². The van der Waals surface area contributed by atoms with Crippen molar-refractivity contribution >= 4 is 0 Å². The quantitative estimate of drug-likeness (QED) is 0.0350. The van der Waals surface area contributed by atoms with E-state index in [0.717, 1.165) is 0 Å². The molecule has 0 radical (unpaired) electrons. The number of aliphatic hydroxyl groups is 8. The largest absolute Gasteiger partial charge is 0.553 e. The van der Waals surface area contributed by atoms with Gasteiger partial charge in [-0.3, -0.25) is 0 Å². The van der Waals surface area contributed by atoms with E-state index < -0.39 is 36.6 Å². The van der Waals surface area contributed by atoms with Crippen LogP contribution in [0.2, 0.25) is 0 Å². The third-order valence-electron chi connectivity index (χ3n) is 3.97. The topological polar surface area (TPSA) is 254 Å². The van der Waals surface area contributed by atoms with E-state index in [4.69, 9.17) is 50.3 Å². The monoisotopic (exact) mass is 1750 g/mol. The summed E-state index contributed by atoms with van der Waals surface area (Å²) in [7, 11) is 24.5. The molecule has 0 aliphatic carbocycles. The summed E-state index contributed by atoms with van der Waals surface area (Å²) in [5, 5.41) is 69.6. The van der Waals surface area contributed by atoms with Crippen LogP contribution in [0.1, 0.15) is 0 Å². The van der Waals surface area contributed by atoms with Crippen LogP contribution >= 0.6 is 0 Å². The first-order valence-electron chi connectivity index (χ1n) is 13.4. The Balaban J connectivity index is -0.0000000591. The van der Waals surface area contributed by atoms with Gasteiger partial charge in [0.1, 0.15) is 12.2 Å². The number of rotatable bonds is 25. The molecule has 4 atom stereocenters. The van der Waals surface area contributed by atoms with Gasteiger partial charge in [-0.2, -0.15) is 0 Å². The molecular formula is C28H58O18Rf4-8. The van der Waals surface area contributed by atoms with E-state index >= 15 is 0 Å². The van der Waals surface area contributed by atoms with Crippen molar-refractivity contribution in [3.05, 3.63) is 56.9 Å². The fourth-order valence-corrected chi connectivity index (χ4v) is 2.04. The van der Waals surface area contributed by atoms with Crippen LogP contribution in [-0.2, 0) is 47.4 Å². The maximum Gasteiger partial charge on any atom is 0.102 e. The number of hydrogen-bond donors (Lipinski definition) is 8. The van der Waals surface area contributed by atoms with Gasteiger partial charge in [0.05, 0.1) is 64.1 Å². The van der Waals surface area contributed by atoms with Crippen molar-refractivity contribution in [2.45, 2.75) is 36.6 Å². The van der Waals surface area contributed by atoms with E-state index in [-0.39, 0.29) is 92.5 Å². The average molecular weight is 1750 g/mol. The molecule has 0 saturated carbocycles. The van der Waals surface area contributed by atoms with E-state index in [0.29, 0.717) is 0 Å². The Kier molecular flexibility index (Phi) is 80.5. The minimum absolute atomic E-state index is 0. The summed E-state index contributed by atoms with van der Waals surface area (Å²) in [6.07, 6.45) is -4.43. The van der Waals surface area contributed by atoms with Crippen molar-refractivity contribution < 1.29 is 88.2 Å². The Bertz CT molecular complexity index is 463. The molecule has 0 aliphatic rings. The first kappa shape index (κ1) is 67.5. The summed E-state index contributed by atoms with van der Waals surface area (Å²) < 4.78 is 44.4. The summed E-state index contributed by atoms with van der Waals surface area (Å²) in [6.45, 7) is 1.84. The Morgan fingerprint density at radius 2 is 0.500 bits per heavy atom. The third-order valence-corrected chi connectivity index (χ3v) is 3.97. The van der Waals surface area contributed by atoms with Gasteiger partial charge in [0, 0.05) is 52.9 Å². The average Bonchev–Trinajstić information content (AvgIpc) is 3.00. The van der Waals surface area contributed by atoms with E-state index in [2.05, 4.69) is 94.8 Å². The molecule has 0 spiro atoms. The van der Waals surface area contributed by atoms with Gasteiger partial charge in [-0.25, -0.2) is 56.9 Å². The molecule has 0 heterocycles. The van der Waals surface area contributed by atoms with Crippen molar-refractivity contribution in [1.29, 1.82) is 0 Å². The first-order valence-corrected chi connectivity index (χ1v) is 13.4. The second kappa shape index (κ2) is 59.7. The van der Waals surface area contributed by atoms with Crippen molar-refractivity contribution in [3.8, 4) is 0 Å². The van der Waals surface area contributed by atoms with Crippen LogP contribution in [0.25, 0.3) is 0 Å². The molecule has 0 amide bonds. The Labute approximate surface area is 274 Å². The Morgan fingerprint density at radius 1 is 0.320 bits per heavy atom. The van der Waals surface area contributed by atoms with E-state index in [1.807, 2.05) is 0 Å². The van der Waals surface area contributed by atoms with Crippen molar-refractivity contribution in [2.24, 2.45) is 0 Å². The molecule has 18 nitrogen and oxygen atoms in total. The summed E-state index contributed by atoms with van der Waals surface area (Å²) in [5.41, 5.74) is 0. The molecule has 0 rings (SSSR count). The van der Waals surface area contributed by atoms with E-state index in [1.165, 1.54) is 0 Å². The molecule has 0 saturated heterocycles. The first-order chi connectivity index (χ1) is 22.0. The molecule has 50 heavy (non-hydrogen) atoms. The van der Waals surface area contributed by atoms with Gasteiger partial charge in [0.2, 0.25) is 0 Å². The van der Waals surface area contributed by atoms with Crippen LogP contribution in [-0.4, -0.2) is 170 Å². The van der Waals surface area contributed by atoms with E-state index in [9.17, 15) is 0 Å². The predicted molar refractivity (Wildman–Crippen MR) is 162 cm³/mol. The predicted octanol–water partition coefficient (Wildman–Crippen LogP) is -2.42. The molecule has 0 aromatic heterocycles. The molecule has 8 N–H and O–H groups in total. The van der Waals surface area contributed by atoms with Crippen molar-refractivity contribution in [2.75, 3.05) is 92.5 Å². The van der Waals surface area contributed by atoms with Crippen molar-refractivity contribution in [3.63, 3.8) is 0 Å². The zero-order valence-electron chi connectivity index (χ0n) is 29.5. The summed E-state index contributed by atoms with van der Waals surface area (Å²) in [5.74, 6) is 0. The van der Waals surface area contributed by atoms with Crippen LogP contribution in [0.4, 0.5) is 0 Å². The van der Waals surface area contributed by atoms with Gasteiger partial charge < -0.3 is 88.2 Å². The van der Waals surface area contributed by atoms with Crippen LogP contribution in [0, 0.1) is 56.9 Å². The summed E-state index contributed by atoms with van der Waals surface area (Å²) >= 11 is 0. The third kappa shape index (κ3) is 69.9. The van der Waals surface area contributed by atoms with Gasteiger partial charge in [-0.15, -0.1) is 0 Å². The maximum absolute atomic E-state index is 8.93. The molecule has 0 bridgehead atoms. The minimum atomic E-state index is -0.959. The zero-order valence-corrected chi connectivity index (χ0v) is 55.1. The smallest absolute Gasteiger partial charge is 0.102 e. The summed E-state index contributed by atoms with van der Waals surface area (Å²) in [4.78, 5) is 0. The fourth-order valence-electron chi connectivity index (χ4n) is 2.04. The van der Waals surface area contributed by atoms with Gasteiger partial charge >= 0.3 is 0 Å².